The normalized spacial score (nSPS) is 30.4. The van der Waals surface area contributed by atoms with Gasteiger partial charge in [-0.25, -0.2) is 0 Å². The summed E-state index contributed by atoms with van der Waals surface area (Å²) in [6.45, 7) is 3.32. The van der Waals surface area contributed by atoms with E-state index in [9.17, 15) is 9.59 Å². The van der Waals surface area contributed by atoms with E-state index < -0.39 is 0 Å². The van der Waals surface area contributed by atoms with Gasteiger partial charge in [-0.2, -0.15) is 0 Å². The van der Waals surface area contributed by atoms with Crippen LogP contribution in [0.2, 0.25) is 0 Å². The molecule has 0 spiro atoms. The lowest BCUT2D eigenvalue weighted by atomic mass is 10.0. The van der Waals surface area contributed by atoms with Crippen LogP contribution >= 0.6 is 0 Å². The Morgan fingerprint density at radius 3 is 2.31 bits per heavy atom. The van der Waals surface area contributed by atoms with E-state index in [1.54, 1.807) is 0 Å². The van der Waals surface area contributed by atoms with Crippen LogP contribution < -0.4 is 11.1 Å². The van der Waals surface area contributed by atoms with E-state index in [0.29, 0.717) is 6.42 Å². The summed E-state index contributed by atoms with van der Waals surface area (Å²) in [6.07, 6.45) is 2.24. The van der Waals surface area contributed by atoms with Crippen LogP contribution in [0, 0.1) is 11.8 Å². The van der Waals surface area contributed by atoms with Crippen molar-refractivity contribution in [1.82, 2.24) is 10.2 Å². The maximum Gasteiger partial charge on any atom is 0.225 e. The quantitative estimate of drug-likeness (QED) is 0.654. The van der Waals surface area contributed by atoms with Gasteiger partial charge in [0.15, 0.2) is 0 Å². The van der Waals surface area contributed by atoms with Gasteiger partial charge in [-0.05, 0) is 19.3 Å². The summed E-state index contributed by atoms with van der Waals surface area (Å²) in [7, 11) is 0. The minimum absolute atomic E-state index is 0.0237. The molecule has 5 nitrogen and oxygen atoms in total. The lowest BCUT2D eigenvalue weighted by Crippen LogP contribution is -2.48. The molecular formula is C11H19N3O2. The standard InChI is InChI=1S/C11H19N3O2/c12-10(15)8-1-2-9(7-8)11(16)14-5-3-13-4-6-14/h8-9,13H,1-7H2,(H2,12,15). The van der Waals surface area contributed by atoms with Crippen LogP contribution in [0.4, 0.5) is 0 Å². The van der Waals surface area contributed by atoms with Crippen LogP contribution in [-0.4, -0.2) is 42.9 Å². The Hall–Kier alpha value is -1.10. The number of hydrogen-bond donors (Lipinski definition) is 2. The number of nitrogens with two attached hydrogens (primary N) is 1. The van der Waals surface area contributed by atoms with Crippen molar-refractivity contribution in [2.45, 2.75) is 19.3 Å². The average molecular weight is 225 g/mol. The summed E-state index contributed by atoms with van der Waals surface area (Å²) in [4.78, 5) is 25.1. The van der Waals surface area contributed by atoms with Crippen molar-refractivity contribution >= 4 is 11.8 Å². The lowest BCUT2D eigenvalue weighted by molar-refractivity contribution is -0.136. The molecule has 1 aliphatic heterocycles. The highest BCUT2D eigenvalue weighted by atomic mass is 16.2. The van der Waals surface area contributed by atoms with Gasteiger partial charge in [0.25, 0.3) is 0 Å². The minimum atomic E-state index is -0.254. The first kappa shape index (κ1) is 11.4. The molecule has 2 amide bonds. The summed E-state index contributed by atoms with van der Waals surface area (Å²) in [5.41, 5.74) is 5.26. The fourth-order valence-corrected chi connectivity index (χ4v) is 2.61. The second-order valence-corrected chi connectivity index (χ2v) is 4.68. The maximum absolute atomic E-state index is 12.1. The summed E-state index contributed by atoms with van der Waals surface area (Å²) in [6, 6.07) is 0. The van der Waals surface area contributed by atoms with Crippen molar-refractivity contribution in [3.63, 3.8) is 0 Å². The van der Waals surface area contributed by atoms with Gasteiger partial charge < -0.3 is 16.0 Å². The molecule has 1 saturated heterocycles. The number of nitrogens with zero attached hydrogens (tertiary/aromatic N) is 1. The number of amides is 2. The third-order valence-electron chi connectivity index (χ3n) is 3.61. The molecule has 3 N–H and O–H groups in total. The average Bonchev–Trinajstić information content (AvgIpc) is 2.78. The van der Waals surface area contributed by atoms with Gasteiger partial charge >= 0.3 is 0 Å². The molecule has 16 heavy (non-hydrogen) atoms. The first-order chi connectivity index (χ1) is 7.68. The van der Waals surface area contributed by atoms with Gasteiger partial charge in [-0.3, -0.25) is 9.59 Å². The molecule has 0 bridgehead atoms. The van der Waals surface area contributed by atoms with Crippen LogP contribution in [-0.2, 0) is 9.59 Å². The van der Waals surface area contributed by atoms with Crippen LogP contribution in [0.3, 0.4) is 0 Å². The third-order valence-corrected chi connectivity index (χ3v) is 3.61. The van der Waals surface area contributed by atoms with E-state index in [-0.39, 0.29) is 23.7 Å². The number of hydrogen-bond acceptors (Lipinski definition) is 3. The number of nitrogens with one attached hydrogen (secondary N) is 1. The molecule has 5 heteroatoms. The fourth-order valence-electron chi connectivity index (χ4n) is 2.61. The Morgan fingerprint density at radius 1 is 1.12 bits per heavy atom. The van der Waals surface area contributed by atoms with Crippen molar-refractivity contribution in [1.29, 1.82) is 0 Å². The highest BCUT2D eigenvalue weighted by Crippen LogP contribution is 2.31. The first-order valence-electron chi connectivity index (χ1n) is 5.97. The number of rotatable bonds is 2. The van der Waals surface area contributed by atoms with Gasteiger partial charge in [0, 0.05) is 38.0 Å². The maximum atomic E-state index is 12.1. The zero-order valence-electron chi connectivity index (χ0n) is 9.45. The largest absolute Gasteiger partial charge is 0.369 e. The van der Waals surface area contributed by atoms with Crippen molar-refractivity contribution in [3.8, 4) is 0 Å². The SMILES string of the molecule is NC(=O)C1CCC(C(=O)N2CCNCC2)C1. The van der Waals surface area contributed by atoms with Crippen LogP contribution in [0.1, 0.15) is 19.3 Å². The van der Waals surface area contributed by atoms with Gasteiger partial charge in [0.2, 0.25) is 11.8 Å². The smallest absolute Gasteiger partial charge is 0.225 e. The molecule has 1 saturated carbocycles. The Labute approximate surface area is 95.3 Å². The van der Waals surface area contributed by atoms with Crippen molar-refractivity contribution in [3.05, 3.63) is 0 Å². The highest BCUT2D eigenvalue weighted by molar-refractivity contribution is 5.82. The van der Waals surface area contributed by atoms with Crippen molar-refractivity contribution < 1.29 is 9.59 Å². The zero-order valence-corrected chi connectivity index (χ0v) is 9.45. The summed E-state index contributed by atoms with van der Waals surface area (Å²) in [5, 5.41) is 3.22. The summed E-state index contributed by atoms with van der Waals surface area (Å²) in [5.74, 6) is -0.103. The lowest BCUT2D eigenvalue weighted by Gasteiger charge is -2.29. The molecule has 90 valence electrons. The van der Waals surface area contributed by atoms with Crippen molar-refractivity contribution in [2.24, 2.45) is 17.6 Å². The Balaban J connectivity index is 1.88. The van der Waals surface area contributed by atoms with Gasteiger partial charge in [-0.15, -0.1) is 0 Å². The zero-order chi connectivity index (χ0) is 11.5. The van der Waals surface area contributed by atoms with Crippen LogP contribution in [0.25, 0.3) is 0 Å². The predicted octanol–water partition coefficient (Wildman–Crippen LogP) is -0.680. The molecule has 2 fully saturated rings. The Kier molecular flexibility index (Phi) is 3.43. The number of carbonyl (C=O) groups excluding carboxylic acids is 2. The Bertz CT molecular complexity index is 287. The topological polar surface area (TPSA) is 75.4 Å². The van der Waals surface area contributed by atoms with E-state index in [1.807, 2.05) is 4.90 Å². The van der Waals surface area contributed by atoms with E-state index in [0.717, 1.165) is 39.0 Å². The molecule has 0 aromatic carbocycles. The van der Waals surface area contributed by atoms with Gasteiger partial charge in [-0.1, -0.05) is 0 Å². The second-order valence-electron chi connectivity index (χ2n) is 4.68. The molecule has 1 heterocycles. The van der Waals surface area contributed by atoms with Crippen LogP contribution in [0.5, 0.6) is 0 Å². The molecule has 2 rings (SSSR count). The minimum Gasteiger partial charge on any atom is -0.369 e. The van der Waals surface area contributed by atoms with E-state index in [1.165, 1.54) is 0 Å². The van der Waals surface area contributed by atoms with E-state index in [4.69, 9.17) is 5.73 Å². The molecule has 2 aliphatic rings. The monoisotopic (exact) mass is 225 g/mol. The molecule has 2 unspecified atom stereocenters. The number of primary amides is 1. The molecule has 0 aromatic rings. The molecular weight excluding hydrogens is 206 g/mol. The highest BCUT2D eigenvalue weighted by Gasteiger charge is 2.35. The van der Waals surface area contributed by atoms with E-state index >= 15 is 0 Å². The molecule has 0 aromatic heterocycles. The summed E-state index contributed by atoms with van der Waals surface area (Å²) >= 11 is 0. The Morgan fingerprint density at radius 2 is 1.75 bits per heavy atom. The molecule has 1 aliphatic carbocycles. The first-order valence-corrected chi connectivity index (χ1v) is 5.97. The van der Waals surface area contributed by atoms with Gasteiger partial charge in [0.05, 0.1) is 0 Å². The molecule has 2 atom stereocenters. The van der Waals surface area contributed by atoms with Crippen LogP contribution in [0.15, 0.2) is 0 Å². The fraction of sp³-hybridized carbons (Fsp3) is 0.818. The van der Waals surface area contributed by atoms with E-state index in [2.05, 4.69) is 5.32 Å². The second kappa shape index (κ2) is 4.82. The summed E-state index contributed by atoms with van der Waals surface area (Å²) < 4.78 is 0. The predicted molar refractivity (Wildman–Crippen MR) is 59.5 cm³/mol. The number of piperazine rings is 1. The van der Waals surface area contributed by atoms with Gasteiger partial charge in [0.1, 0.15) is 0 Å². The third kappa shape index (κ3) is 2.35. The molecule has 0 radical (unpaired) electrons. The number of carbonyl (C=O) groups is 2. The van der Waals surface area contributed by atoms with Crippen molar-refractivity contribution in [2.75, 3.05) is 26.2 Å².